The summed E-state index contributed by atoms with van der Waals surface area (Å²) in [7, 11) is -5.52. The number of sulfone groups is 1. The van der Waals surface area contributed by atoms with Crippen molar-refractivity contribution >= 4 is 38.4 Å². The van der Waals surface area contributed by atoms with E-state index in [0.29, 0.717) is 17.7 Å². The van der Waals surface area contributed by atoms with E-state index in [4.69, 9.17) is 5.73 Å². The predicted molar refractivity (Wildman–Crippen MR) is 113 cm³/mol. The topological polar surface area (TPSA) is 133 Å². The van der Waals surface area contributed by atoms with Gasteiger partial charge in [-0.25, -0.2) is 23.4 Å². The minimum Gasteiger partial charge on any atom is -0.382 e. The SMILES string of the molecule is Nc1ncnc2c1ncn2Cc1ccc(C(=O)Nc2cccc(S(=O)(=O)C(F)(F)F)c2)cc1. The van der Waals surface area contributed by atoms with Crippen molar-refractivity contribution < 1.29 is 26.4 Å². The Morgan fingerprint density at radius 3 is 2.48 bits per heavy atom. The average molecular weight is 476 g/mol. The second-order valence-corrected chi connectivity index (χ2v) is 8.87. The molecule has 33 heavy (non-hydrogen) atoms. The molecule has 9 nitrogen and oxygen atoms in total. The highest BCUT2D eigenvalue weighted by atomic mass is 32.2. The lowest BCUT2D eigenvalue weighted by molar-refractivity contribution is -0.0436. The van der Waals surface area contributed by atoms with Crippen molar-refractivity contribution in [1.29, 1.82) is 0 Å². The van der Waals surface area contributed by atoms with Crippen LogP contribution in [0.1, 0.15) is 15.9 Å². The number of halogens is 3. The number of hydrogen-bond donors (Lipinski definition) is 2. The highest BCUT2D eigenvalue weighted by Crippen LogP contribution is 2.31. The van der Waals surface area contributed by atoms with Crippen LogP contribution in [0.5, 0.6) is 0 Å². The second-order valence-electron chi connectivity index (χ2n) is 6.93. The van der Waals surface area contributed by atoms with Crippen LogP contribution in [0.25, 0.3) is 11.2 Å². The van der Waals surface area contributed by atoms with Crippen LogP contribution in [0.3, 0.4) is 0 Å². The molecular weight excluding hydrogens is 461 g/mol. The molecule has 0 spiro atoms. The highest BCUT2D eigenvalue weighted by molar-refractivity contribution is 7.92. The largest absolute Gasteiger partial charge is 0.501 e. The first-order valence-electron chi connectivity index (χ1n) is 9.29. The number of aromatic nitrogens is 4. The zero-order valence-corrected chi connectivity index (χ0v) is 17.4. The summed E-state index contributed by atoms with van der Waals surface area (Å²) in [6.45, 7) is 0.395. The molecule has 4 rings (SSSR count). The second kappa shape index (κ2) is 8.16. The van der Waals surface area contributed by atoms with Gasteiger partial charge in [0.05, 0.1) is 17.8 Å². The Morgan fingerprint density at radius 2 is 1.79 bits per heavy atom. The van der Waals surface area contributed by atoms with Gasteiger partial charge in [-0.3, -0.25) is 4.79 Å². The van der Waals surface area contributed by atoms with Crippen molar-refractivity contribution in [2.75, 3.05) is 11.1 Å². The molecule has 0 aliphatic rings. The summed E-state index contributed by atoms with van der Waals surface area (Å²) in [6, 6.07) is 10.4. The predicted octanol–water partition coefficient (Wildman–Crippen LogP) is 3.00. The maximum absolute atomic E-state index is 12.8. The molecule has 0 radical (unpaired) electrons. The van der Waals surface area contributed by atoms with Gasteiger partial charge in [-0.1, -0.05) is 18.2 Å². The Bertz CT molecular complexity index is 1450. The Morgan fingerprint density at radius 1 is 1.06 bits per heavy atom. The molecule has 0 atom stereocenters. The quantitative estimate of drug-likeness (QED) is 0.452. The summed E-state index contributed by atoms with van der Waals surface area (Å²) in [6.07, 6.45) is 2.90. The number of carbonyl (C=O) groups excluding carboxylic acids is 1. The first kappa shape index (κ1) is 22.2. The average Bonchev–Trinajstić information content (AvgIpc) is 3.18. The van der Waals surface area contributed by atoms with E-state index in [9.17, 15) is 26.4 Å². The Hall–Kier alpha value is -4.00. The third-order valence-corrected chi connectivity index (χ3v) is 6.19. The Labute approximate surface area is 185 Å². The van der Waals surface area contributed by atoms with Gasteiger partial charge in [-0.15, -0.1) is 0 Å². The van der Waals surface area contributed by atoms with Crippen LogP contribution < -0.4 is 11.1 Å². The molecule has 170 valence electrons. The van der Waals surface area contributed by atoms with Crippen LogP contribution >= 0.6 is 0 Å². The van der Waals surface area contributed by atoms with Gasteiger partial charge in [0.2, 0.25) is 0 Å². The zero-order chi connectivity index (χ0) is 23.8. The van der Waals surface area contributed by atoms with Crippen LogP contribution in [-0.4, -0.2) is 39.4 Å². The molecule has 3 N–H and O–H groups in total. The van der Waals surface area contributed by atoms with Crippen LogP contribution in [0.15, 0.2) is 66.1 Å². The van der Waals surface area contributed by atoms with E-state index in [1.165, 1.54) is 24.5 Å². The number of carbonyl (C=O) groups is 1. The van der Waals surface area contributed by atoms with Gasteiger partial charge < -0.3 is 15.6 Å². The Kier molecular flexibility index (Phi) is 5.49. The first-order chi connectivity index (χ1) is 15.6. The number of benzene rings is 2. The number of nitrogens with zero attached hydrogens (tertiary/aromatic N) is 4. The van der Waals surface area contributed by atoms with Crippen LogP contribution in [0, 0.1) is 0 Å². The third kappa shape index (κ3) is 4.35. The van der Waals surface area contributed by atoms with Crippen molar-refractivity contribution in [2.45, 2.75) is 16.9 Å². The van der Waals surface area contributed by atoms with Crippen molar-refractivity contribution in [3.05, 3.63) is 72.3 Å². The number of imidazole rings is 1. The highest BCUT2D eigenvalue weighted by Gasteiger charge is 2.46. The van der Waals surface area contributed by atoms with E-state index in [2.05, 4.69) is 20.3 Å². The molecule has 2 aromatic carbocycles. The van der Waals surface area contributed by atoms with Gasteiger partial charge in [-0.2, -0.15) is 13.2 Å². The summed E-state index contributed by atoms with van der Waals surface area (Å²) in [5.41, 5.74) is 2.32. The monoisotopic (exact) mass is 476 g/mol. The van der Waals surface area contributed by atoms with E-state index in [0.717, 1.165) is 23.8 Å². The van der Waals surface area contributed by atoms with E-state index in [1.54, 1.807) is 23.0 Å². The fourth-order valence-corrected chi connectivity index (χ4v) is 3.86. The van der Waals surface area contributed by atoms with Gasteiger partial charge in [0, 0.05) is 11.3 Å². The standard InChI is InChI=1S/C20H15F3N6O3S/c21-20(22,23)33(31,32)15-3-1-2-14(8-15)28-19(30)13-6-4-12(5-7-13)9-29-11-27-16-17(24)25-10-26-18(16)29/h1-8,10-11H,9H2,(H,28,30)(H2,24,25,26). The maximum atomic E-state index is 12.8. The summed E-state index contributed by atoms with van der Waals surface area (Å²) in [4.78, 5) is 23.8. The van der Waals surface area contributed by atoms with E-state index in [-0.39, 0.29) is 17.1 Å². The van der Waals surface area contributed by atoms with Crippen LogP contribution in [0.4, 0.5) is 24.7 Å². The number of nitrogens with two attached hydrogens (primary N) is 1. The van der Waals surface area contributed by atoms with Crippen LogP contribution in [0.2, 0.25) is 0 Å². The molecule has 2 heterocycles. The molecule has 0 unspecified atom stereocenters. The van der Waals surface area contributed by atoms with E-state index >= 15 is 0 Å². The molecule has 0 aliphatic carbocycles. The van der Waals surface area contributed by atoms with Crippen molar-refractivity contribution in [3.8, 4) is 0 Å². The van der Waals surface area contributed by atoms with Gasteiger partial charge >= 0.3 is 5.51 Å². The summed E-state index contributed by atoms with van der Waals surface area (Å²) < 4.78 is 63.2. The number of rotatable bonds is 5. The van der Waals surface area contributed by atoms with Gasteiger partial charge in [0.1, 0.15) is 11.8 Å². The van der Waals surface area contributed by atoms with Crippen molar-refractivity contribution in [2.24, 2.45) is 0 Å². The maximum Gasteiger partial charge on any atom is 0.501 e. The van der Waals surface area contributed by atoms with Gasteiger partial charge in [-0.05, 0) is 35.9 Å². The molecule has 2 aromatic heterocycles. The molecule has 0 saturated heterocycles. The zero-order valence-electron chi connectivity index (χ0n) is 16.6. The van der Waals surface area contributed by atoms with Crippen molar-refractivity contribution in [1.82, 2.24) is 19.5 Å². The molecule has 4 aromatic rings. The number of amides is 1. The lowest BCUT2D eigenvalue weighted by Gasteiger charge is -2.11. The molecule has 1 amide bonds. The number of nitrogen functional groups attached to an aromatic ring is 1. The summed E-state index contributed by atoms with van der Waals surface area (Å²) in [5.74, 6) is -0.352. The van der Waals surface area contributed by atoms with Gasteiger partial charge in [0.25, 0.3) is 15.7 Å². The summed E-state index contributed by atoms with van der Waals surface area (Å²) >= 11 is 0. The molecule has 13 heteroatoms. The minimum atomic E-state index is -5.52. The lowest BCUT2D eigenvalue weighted by atomic mass is 10.1. The molecular formula is C20H15F3N6O3S. The number of nitrogens with one attached hydrogen (secondary N) is 1. The number of hydrogen-bond acceptors (Lipinski definition) is 7. The smallest absolute Gasteiger partial charge is 0.382 e. The number of alkyl halides is 3. The van der Waals surface area contributed by atoms with E-state index in [1.807, 2.05) is 0 Å². The third-order valence-electron chi connectivity index (χ3n) is 4.71. The minimum absolute atomic E-state index is 0.0865. The first-order valence-corrected chi connectivity index (χ1v) is 10.8. The van der Waals surface area contributed by atoms with Crippen molar-refractivity contribution in [3.63, 3.8) is 0 Å². The lowest BCUT2D eigenvalue weighted by Crippen LogP contribution is -2.23. The Balaban J connectivity index is 1.49. The number of fused-ring (bicyclic) bond motifs is 1. The van der Waals surface area contributed by atoms with E-state index < -0.39 is 26.1 Å². The fraction of sp³-hybridized carbons (Fsp3) is 0.100. The summed E-state index contributed by atoms with van der Waals surface area (Å²) in [5, 5.41) is 2.40. The fourth-order valence-electron chi connectivity index (χ4n) is 3.05. The van der Waals surface area contributed by atoms with Gasteiger partial charge in [0.15, 0.2) is 11.5 Å². The number of anilines is 2. The molecule has 0 saturated carbocycles. The molecule has 0 bridgehead atoms. The normalized spacial score (nSPS) is 12.1. The molecule has 0 aliphatic heterocycles. The van der Waals surface area contributed by atoms with Crippen LogP contribution in [-0.2, 0) is 16.4 Å². The molecule has 0 fully saturated rings.